The van der Waals surface area contributed by atoms with Crippen LogP contribution < -0.4 is 0 Å². The zero-order chi connectivity index (χ0) is 34.6. The molecule has 0 atom stereocenters. The molecule has 0 heteroatoms. The van der Waals surface area contributed by atoms with Crippen molar-refractivity contribution in [1.29, 1.82) is 0 Å². The maximum absolute atomic E-state index is 2.49. The van der Waals surface area contributed by atoms with E-state index in [2.05, 4.69) is 186 Å². The maximum Gasteiger partial charge on any atom is 0.0159 e. The average Bonchev–Trinajstić information content (AvgIpc) is 3.38. The highest BCUT2D eigenvalue weighted by Gasteiger charge is 2.34. The highest BCUT2D eigenvalue weighted by molar-refractivity contribution is 6.18. The molecule has 0 saturated carbocycles. The predicted octanol–water partition coefficient (Wildman–Crippen LogP) is 14.4. The summed E-state index contributed by atoms with van der Waals surface area (Å²) in [6.07, 6.45) is 0. The van der Waals surface area contributed by atoms with Crippen molar-refractivity contribution >= 4 is 53.9 Å². The first-order valence-electron chi connectivity index (χ1n) is 18.3. The Bertz CT molecular complexity index is 2910. The van der Waals surface area contributed by atoms with Gasteiger partial charge in [0.1, 0.15) is 0 Å². The lowest BCUT2D eigenvalue weighted by atomic mass is 9.77. The van der Waals surface area contributed by atoms with Crippen LogP contribution in [0.2, 0.25) is 0 Å². The minimum Gasteiger partial charge on any atom is -0.0616 e. The molecule has 0 aliphatic heterocycles. The van der Waals surface area contributed by atoms with Gasteiger partial charge in [-0.2, -0.15) is 0 Å². The van der Waals surface area contributed by atoms with Gasteiger partial charge in [-0.3, -0.25) is 0 Å². The van der Waals surface area contributed by atoms with Crippen molar-refractivity contribution in [3.8, 4) is 33.4 Å². The van der Waals surface area contributed by atoms with E-state index in [1.54, 1.807) is 0 Å². The van der Waals surface area contributed by atoms with Crippen LogP contribution >= 0.6 is 0 Å². The monoisotopic (exact) mass is 652 g/mol. The Kier molecular flexibility index (Phi) is 6.29. The fourth-order valence-electron chi connectivity index (χ4n) is 9.27. The summed E-state index contributed by atoms with van der Waals surface area (Å²) in [7, 11) is 0. The van der Waals surface area contributed by atoms with Crippen LogP contribution in [0.1, 0.15) is 51.3 Å². The van der Waals surface area contributed by atoms with E-state index in [1.807, 2.05) is 0 Å². The van der Waals surface area contributed by atoms with Crippen LogP contribution in [-0.4, -0.2) is 0 Å². The first-order valence-corrected chi connectivity index (χ1v) is 18.3. The molecule has 0 saturated heterocycles. The minimum absolute atomic E-state index is 0.0513. The van der Waals surface area contributed by atoms with Crippen LogP contribution in [0.4, 0.5) is 0 Å². The molecule has 0 aromatic heterocycles. The summed E-state index contributed by atoms with van der Waals surface area (Å²) in [6, 6.07) is 57.2. The smallest absolute Gasteiger partial charge is 0.0159 e. The molecule has 10 rings (SSSR count). The molecule has 9 aromatic rings. The first kappa shape index (κ1) is 30.1. The molecular formula is C51H40. The third-order valence-corrected chi connectivity index (χ3v) is 11.6. The van der Waals surface area contributed by atoms with Gasteiger partial charge in [0.25, 0.3) is 0 Å². The molecule has 0 radical (unpaired) electrons. The normalized spacial score (nSPS) is 13.7. The summed E-state index contributed by atoms with van der Waals surface area (Å²) in [6.45, 7) is 11.9. The van der Waals surface area contributed by atoms with E-state index in [1.165, 1.54) is 104 Å². The van der Waals surface area contributed by atoms with Crippen molar-refractivity contribution in [3.05, 3.63) is 168 Å². The van der Waals surface area contributed by atoms with Crippen LogP contribution in [0.15, 0.2) is 152 Å². The van der Waals surface area contributed by atoms with Gasteiger partial charge < -0.3 is 0 Å². The van der Waals surface area contributed by atoms with Gasteiger partial charge in [-0.25, -0.2) is 0 Å². The molecule has 0 spiro atoms. The van der Waals surface area contributed by atoms with Gasteiger partial charge >= 0.3 is 0 Å². The summed E-state index contributed by atoms with van der Waals surface area (Å²) < 4.78 is 0. The lowest BCUT2D eigenvalue weighted by Crippen LogP contribution is -2.15. The van der Waals surface area contributed by atoms with E-state index in [0.29, 0.717) is 0 Å². The van der Waals surface area contributed by atoms with Crippen molar-refractivity contribution in [2.24, 2.45) is 0 Å². The maximum atomic E-state index is 2.49. The van der Waals surface area contributed by atoms with Crippen molar-refractivity contribution in [3.63, 3.8) is 0 Å². The molecule has 0 bridgehead atoms. The summed E-state index contributed by atoms with van der Waals surface area (Å²) in [5.41, 5.74) is 11.7. The molecule has 9 aromatic carbocycles. The number of rotatable bonds is 3. The lowest BCUT2D eigenvalue weighted by molar-refractivity contribution is 0.601. The predicted molar refractivity (Wildman–Crippen MR) is 221 cm³/mol. The molecule has 0 fully saturated rings. The Morgan fingerprint density at radius 2 is 0.961 bits per heavy atom. The molecule has 51 heavy (non-hydrogen) atoms. The van der Waals surface area contributed by atoms with Gasteiger partial charge in [-0.1, -0.05) is 156 Å². The fourth-order valence-corrected chi connectivity index (χ4v) is 9.27. The van der Waals surface area contributed by atoms with Crippen molar-refractivity contribution in [1.82, 2.24) is 0 Å². The van der Waals surface area contributed by atoms with Gasteiger partial charge in [0.15, 0.2) is 0 Å². The van der Waals surface area contributed by atoms with Gasteiger partial charge in [0.2, 0.25) is 0 Å². The Hall–Kier alpha value is -5.72. The molecule has 0 heterocycles. The van der Waals surface area contributed by atoms with Crippen LogP contribution in [0, 0.1) is 0 Å². The second-order valence-electron chi connectivity index (χ2n) is 16.2. The van der Waals surface area contributed by atoms with E-state index in [9.17, 15) is 0 Å². The number of fused-ring (bicyclic) bond motifs is 3. The zero-order valence-electron chi connectivity index (χ0n) is 29.9. The summed E-state index contributed by atoms with van der Waals surface area (Å²) in [4.78, 5) is 0. The standard InChI is InChI=1S/C51H40/c1-50(2,3)49-42-18-9-8-17-40(42)46(37-16-10-15-34(27-37)35-22-20-31-12-6-7-13-33(31)26-35)41-25-24-36(29-43(41)49)39-28-38-23-21-32-14-11-19-44-47(32)48(38)45(30-39)51(44,4)5/h6-30H,1-5H3. The Labute approximate surface area is 300 Å². The topological polar surface area (TPSA) is 0 Å². The Balaban J connectivity index is 1.22. The van der Waals surface area contributed by atoms with Crippen molar-refractivity contribution in [2.75, 3.05) is 0 Å². The SMILES string of the molecule is CC(C)(C)c1c2ccccc2c(-c2cccc(-c3ccc4ccccc4c3)c2)c2ccc(-c3cc4c5c(ccc6cccc(c65)C4(C)C)c3)cc12. The highest BCUT2D eigenvalue weighted by Crippen LogP contribution is 2.51. The third-order valence-electron chi connectivity index (χ3n) is 11.6. The van der Waals surface area contributed by atoms with Crippen molar-refractivity contribution in [2.45, 2.75) is 45.4 Å². The largest absolute Gasteiger partial charge is 0.0616 e. The summed E-state index contributed by atoms with van der Waals surface area (Å²) in [5.74, 6) is 0. The number of hydrogen-bond acceptors (Lipinski definition) is 0. The molecule has 1 aliphatic rings. The van der Waals surface area contributed by atoms with Crippen LogP contribution in [0.25, 0.3) is 87.2 Å². The van der Waals surface area contributed by atoms with Gasteiger partial charge in [0, 0.05) is 5.41 Å². The second kappa shape index (κ2) is 10.6. The highest BCUT2D eigenvalue weighted by atomic mass is 14.4. The number of hydrogen-bond donors (Lipinski definition) is 0. The molecule has 0 N–H and O–H groups in total. The molecule has 0 amide bonds. The quantitative estimate of drug-likeness (QED) is 0.132. The van der Waals surface area contributed by atoms with Crippen LogP contribution in [-0.2, 0) is 10.8 Å². The van der Waals surface area contributed by atoms with Crippen LogP contribution in [0.5, 0.6) is 0 Å². The van der Waals surface area contributed by atoms with E-state index in [-0.39, 0.29) is 10.8 Å². The zero-order valence-corrected chi connectivity index (χ0v) is 29.9. The number of benzene rings is 9. The van der Waals surface area contributed by atoms with Crippen molar-refractivity contribution < 1.29 is 0 Å². The minimum atomic E-state index is -0.0609. The third kappa shape index (κ3) is 4.46. The van der Waals surface area contributed by atoms with E-state index in [0.717, 1.165) is 0 Å². The molecular weight excluding hydrogens is 613 g/mol. The Morgan fingerprint density at radius 1 is 0.373 bits per heavy atom. The van der Waals surface area contributed by atoms with Crippen LogP contribution in [0.3, 0.4) is 0 Å². The average molecular weight is 653 g/mol. The van der Waals surface area contributed by atoms with E-state index >= 15 is 0 Å². The summed E-state index contributed by atoms with van der Waals surface area (Å²) in [5, 5.41) is 13.3. The molecule has 0 unspecified atom stereocenters. The second-order valence-corrected chi connectivity index (χ2v) is 16.2. The molecule has 1 aliphatic carbocycles. The first-order chi connectivity index (χ1) is 24.7. The Morgan fingerprint density at radius 3 is 1.80 bits per heavy atom. The van der Waals surface area contributed by atoms with E-state index < -0.39 is 0 Å². The lowest BCUT2D eigenvalue weighted by Gasteiger charge is -2.27. The molecule has 244 valence electrons. The molecule has 0 nitrogen and oxygen atoms in total. The van der Waals surface area contributed by atoms with E-state index in [4.69, 9.17) is 0 Å². The van der Waals surface area contributed by atoms with Gasteiger partial charge in [-0.05, 0) is 140 Å². The van der Waals surface area contributed by atoms with Gasteiger partial charge in [0.05, 0.1) is 0 Å². The van der Waals surface area contributed by atoms with Gasteiger partial charge in [-0.15, -0.1) is 0 Å². The fraction of sp³-hybridized carbons (Fsp3) is 0.137. The summed E-state index contributed by atoms with van der Waals surface area (Å²) >= 11 is 0.